The van der Waals surface area contributed by atoms with Crippen molar-refractivity contribution in [3.8, 4) is 6.07 Å². The third-order valence-corrected chi connectivity index (χ3v) is 5.40. The summed E-state index contributed by atoms with van der Waals surface area (Å²) in [6, 6.07) is 6.61. The third-order valence-electron chi connectivity index (χ3n) is 4.23. The van der Waals surface area contributed by atoms with Crippen molar-refractivity contribution in [2.24, 2.45) is 5.73 Å². The number of hydrogen-bond donors (Lipinski definition) is 1. The highest BCUT2D eigenvalue weighted by atomic mass is 32.1. The number of allylic oxidation sites excluding steroid dienone is 4. The molecule has 1 aromatic heterocycles. The monoisotopic (exact) mass is 351 g/mol. The van der Waals surface area contributed by atoms with Crippen LogP contribution in [-0.2, 0) is 12.8 Å². The maximum Gasteiger partial charge on any atom is 0.139 e. The highest BCUT2D eigenvalue weighted by molar-refractivity contribution is 7.12. The van der Waals surface area contributed by atoms with Gasteiger partial charge in [0.05, 0.1) is 23.0 Å². The van der Waals surface area contributed by atoms with E-state index in [4.69, 9.17) is 11.0 Å². The molecule has 2 aromatic rings. The van der Waals surface area contributed by atoms with Gasteiger partial charge in [0, 0.05) is 4.88 Å². The average Bonchev–Trinajstić information content (AvgIpc) is 3.04. The van der Waals surface area contributed by atoms with Gasteiger partial charge < -0.3 is 5.73 Å². The van der Waals surface area contributed by atoms with E-state index >= 15 is 0 Å². The van der Waals surface area contributed by atoms with E-state index in [-0.39, 0.29) is 11.7 Å². The molecule has 0 saturated heterocycles. The smallest absolute Gasteiger partial charge is 0.139 e. The topological polar surface area (TPSA) is 62.7 Å². The van der Waals surface area contributed by atoms with Gasteiger partial charge in [0.2, 0.25) is 0 Å². The van der Waals surface area contributed by atoms with Crippen LogP contribution < -0.4 is 5.73 Å². The van der Waals surface area contributed by atoms with E-state index in [1.807, 2.05) is 24.3 Å². The van der Waals surface area contributed by atoms with Crippen molar-refractivity contribution in [2.75, 3.05) is 0 Å². The van der Waals surface area contributed by atoms with E-state index < -0.39 is 0 Å². The molecule has 126 valence electrons. The molecule has 3 rings (SSSR count). The molecule has 1 aliphatic carbocycles. The predicted molar refractivity (Wildman–Crippen MR) is 99.5 cm³/mol. The van der Waals surface area contributed by atoms with E-state index in [0.717, 1.165) is 35.5 Å². The van der Waals surface area contributed by atoms with Crippen LogP contribution in [0.1, 0.15) is 39.0 Å². The second-order valence-electron chi connectivity index (χ2n) is 5.96. The molecule has 0 aliphatic heterocycles. The number of nitriles is 1. The Hall–Kier alpha value is -2.71. The summed E-state index contributed by atoms with van der Waals surface area (Å²) in [4.78, 5) is 5.84. The number of hydrogen-bond acceptors (Lipinski definition) is 4. The van der Waals surface area contributed by atoms with Gasteiger partial charge in [-0.05, 0) is 55.0 Å². The molecule has 0 saturated carbocycles. The lowest BCUT2D eigenvalue weighted by atomic mass is 9.85. The minimum absolute atomic E-state index is 0.203. The van der Waals surface area contributed by atoms with Crippen molar-refractivity contribution in [3.05, 3.63) is 81.6 Å². The molecule has 1 aliphatic rings. The summed E-state index contributed by atoms with van der Waals surface area (Å²) in [6.07, 6.45) is 9.69. The molecule has 0 bridgehead atoms. The lowest BCUT2D eigenvalue weighted by Gasteiger charge is -2.21. The summed E-state index contributed by atoms with van der Waals surface area (Å²) in [6.45, 7) is 3.62. The second-order valence-corrected chi connectivity index (χ2v) is 7.04. The Morgan fingerprint density at radius 3 is 3.00 bits per heavy atom. The van der Waals surface area contributed by atoms with Crippen molar-refractivity contribution in [2.45, 2.75) is 25.2 Å². The Bertz CT molecular complexity index is 902. The molecule has 0 radical (unpaired) electrons. The zero-order valence-electron chi connectivity index (χ0n) is 13.7. The van der Waals surface area contributed by atoms with Crippen LogP contribution >= 0.6 is 11.3 Å². The molecular weight excluding hydrogens is 333 g/mol. The molecule has 0 amide bonds. The fraction of sp³-hybridized carbons (Fsp3) is 0.200. The number of nitrogens with zero attached hydrogens (tertiary/aromatic N) is 2. The summed E-state index contributed by atoms with van der Waals surface area (Å²) in [5, 5.41) is 9.86. The molecule has 5 heteroatoms. The van der Waals surface area contributed by atoms with E-state index in [1.54, 1.807) is 23.5 Å². The van der Waals surface area contributed by atoms with Crippen molar-refractivity contribution in [1.82, 2.24) is 4.98 Å². The number of fused-ring (bicyclic) bond motifs is 1. The normalized spacial score (nSPS) is 17.3. The van der Waals surface area contributed by atoms with Gasteiger partial charge in [-0.1, -0.05) is 24.8 Å². The van der Waals surface area contributed by atoms with Crippen molar-refractivity contribution < 1.29 is 4.39 Å². The molecular formula is C20H18FN3S. The van der Waals surface area contributed by atoms with Gasteiger partial charge in [-0.25, -0.2) is 9.37 Å². The summed E-state index contributed by atoms with van der Waals surface area (Å²) in [5.41, 5.74) is 9.05. The maximum absolute atomic E-state index is 13.7. The average molecular weight is 351 g/mol. The summed E-state index contributed by atoms with van der Waals surface area (Å²) < 4.78 is 13.7. The number of halogens is 1. The van der Waals surface area contributed by atoms with Crippen LogP contribution in [0, 0.1) is 17.1 Å². The van der Waals surface area contributed by atoms with Crippen molar-refractivity contribution in [3.63, 3.8) is 0 Å². The largest absolute Gasteiger partial charge is 0.396 e. The number of benzene rings is 1. The molecule has 1 aromatic carbocycles. The zero-order valence-corrected chi connectivity index (χ0v) is 14.5. The van der Waals surface area contributed by atoms with Gasteiger partial charge >= 0.3 is 0 Å². The van der Waals surface area contributed by atoms with Crippen LogP contribution in [0.2, 0.25) is 0 Å². The molecule has 0 fully saturated rings. The Balaban J connectivity index is 1.84. The first-order valence-corrected chi connectivity index (χ1v) is 8.86. The molecule has 3 nitrogen and oxygen atoms in total. The van der Waals surface area contributed by atoms with Gasteiger partial charge in [-0.2, -0.15) is 5.26 Å². The van der Waals surface area contributed by atoms with Gasteiger partial charge in [-0.3, -0.25) is 0 Å². The zero-order chi connectivity index (χ0) is 17.8. The molecule has 2 N–H and O–H groups in total. The van der Waals surface area contributed by atoms with Crippen LogP contribution in [0.4, 0.5) is 4.39 Å². The second kappa shape index (κ2) is 7.45. The van der Waals surface area contributed by atoms with E-state index in [0.29, 0.717) is 11.3 Å². The Morgan fingerprint density at radius 2 is 2.24 bits per heavy atom. The number of thiazole rings is 1. The molecule has 1 heterocycles. The van der Waals surface area contributed by atoms with Gasteiger partial charge in [0.1, 0.15) is 10.8 Å². The number of rotatable bonds is 4. The van der Waals surface area contributed by atoms with Gasteiger partial charge in [0.25, 0.3) is 0 Å². The van der Waals surface area contributed by atoms with Crippen molar-refractivity contribution >= 4 is 17.0 Å². The Labute approximate surface area is 150 Å². The first kappa shape index (κ1) is 17.1. The number of aromatic nitrogens is 1. The maximum atomic E-state index is 13.7. The number of aryl methyl sites for hydroxylation is 1. The molecule has 1 unspecified atom stereocenters. The van der Waals surface area contributed by atoms with Crippen LogP contribution in [0.5, 0.6) is 0 Å². The summed E-state index contributed by atoms with van der Waals surface area (Å²) in [7, 11) is 0. The fourth-order valence-electron chi connectivity index (χ4n) is 3.00. The Kier molecular flexibility index (Phi) is 5.11. The summed E-state index contributed by atoms with van der Waals surface area (Å²) >= 11 is 1.59. The molecule has 25 heavy (non-hydrogen) atoms. The van der Waals surface area contributed by atoms with Gasteiger partial charge in [0.15, 0.2) is 0 Å². The SMILES string of the molecule is C=C/C=C\C=C(/N)c1nc2c(s1)CC(c1cc(F)cc(C#N)c1)CC2. The lowest BCUT2D eigenvalue weighted by molar-refractivity contribution is 0.572. The summed E-state index contributed by atoms with van der Waals surface area (Å²) in [5.74, 6) is -0.152. The fourth-order valence-corrected chi connectivity index (χ4v) is 4.13. The standard InChI is InChI=1S/C20H18FN3S/c1-2-3-4-5-17(23)20-24-18-7-6-14(11-19(18)25-20)15-8-13(12-22)9-16(21)10-15/h2-5,8-10,14H,1,6-7,11,23H2/b4-3-,17-5-. The van der Waals surface area contributed by atoms with Crippen LogP contribution in [-0.4, -0.2) is 4.98 Å². The van der Waals surface area contributed by atoms with Crippen LogP contribution in [0.25, 0.3) is 5.70 Å². The van der Waals surface area contributed by atoms with E-state index in [1.165, 1.54) is 17.0 Å². The van der Waals surface area contributed by atoms with Crippen molar-refractivity contribution in [1.29, 1.82) is 5.26 Å². The molecule has 1 atom stereocenters. The first-order valence-electron chi connectivity index (χ1n) is 8.05. The highest BCUT2D eigenvalue weighted by Gasteiger charge is 2.24. The highest BCUT2D eigenvalue weighted by Crippen LogP contribution is 2.37. The van der Waals surface area contributed by atoms with Crippen LogP contribution in [0.15, 0.2) is 49.1 Å². The lowest BCUT2D eigenvalue weighted by Crippen LogP contribution is -2.11. The minimum atomic E-state index is -0.356. The third kappa shape index (κ3) is 3.86. The number of nitrogens with two attached hydrogens (primary N) is 1. The minimum Gasteiger partial charge on any atom is -0.396 e. The molecule has 0 spiro atoms. The quantitative estimate of drug-likeness (QED) is 0.827. The van der Waals surface area contributed by atoms with Gasteiger partial charge in [-0.15, -0.1) is 11.3 Å². The Morgan fingerprint density at radius 1 is 1.40 bits per heavy atom. The predicted octanol–water partition coefficient (Wildman–Crippen LogP) is 4.47. The van der Waals surface area contributed by atoms with Crippen LogP contribution in [0.3, 0.4) is 0 Å². The van der Waals surface area contributed by atoms with E-state index in [9.17, 15) is 4.39 Å². The van der Waals surface area contributed by atoms with E-state index in [2.05, 4.69) is 11.6 Å². The first-order chi connectivity index (χ1) is 12.1.